The van der Waals surface area contributed by atoms with Gasteiger partial charge in [-0.1, -0.05) is 44.6 Å². The van der Waals surface area contributed by atoms with Crippen LogP contribution in [0.5, 0.6) is 0 Å². The highest BCUT2D eigenvalue weighted by molar-refractivity contribution is 5.70. The molecule has 2 aliphatic rings. The van der Waals surface area contributed by atoms with Gasteiger partial charge in [0, 0.05) is 5.92 Å². The van der Waals surface area contributed by atoms with Crippen LogP contribution in [0.2, 0.25) is 0 Å². The summed E-state index contributed by atoms with van der Waals surface area (Å²) in [7, 11) is 0. The molecule has 0 aromatic heterocycles. The first-order valence-electron chi connectivity index (χ1n) is 7.00. The van der Waals surface area contributed by atoms with E-state index in [-0.39, 0.29) is 0 Å². The zero-order valence-electron chi connectivity index (χ0n) is 10.9. The maximum Gasteiger partial charge on any atom is 0.0301 e. The van der Waals surface area contributed by atoms with Crippen LogP contribution in [0.1, 0.15) is 55.4 Å². The maximum atomic E-state index is 2.48. The third kappa shape index (κ3) is 1.84. The van der Waals surface area contributed by atoms with E-state index in [4.69, 9.17) is 0 Å². The van der Waals surface area contributed by atoms with Gasteiger partial charge >= 0.3 is 0 Å². The van der Waals surface area contributed by atoms with E-state index in [2.05, 4.69) is 38.1 Å². The first-order valence-corrected chi connectivity index (χ1v) is 7.00. The molecule has 0 saturated heterocycles. The Morgan fingerprint density at radius 1 is 1.06 bits per heavy atom. The highest BCUT2D eigenvalue weighted by Gasteiger charge is 2.24. The van der Waals surface area contributed by atoms with E-state index in [0.717, 1.165) is 0 Å². The summed E-state index contributed by atoms with van der Waals surface area (Å²) < 4.78 is 0. The molecule has 17 heavy (non-hydrogen) atoms. The number of benzene rings is 1. The number of fused-ring (bicyclic) bond motifs is 2. The Balaban J connectivity index is 2.01. The summed E-state index contributed by atoms with van der Waals surface area (Å²) in [5.41, 5.74) is 6.19. The summed E-state index contributed by atoms with van der Waals surface area (Å²) in [5.74, 6) is 2.24. The second-order valence-corrected chi connectivity index (χ2v) is 5.51. The average Bonchev–Trinajstić information content (AvgIpc) is 2.78. The van der Waals surface area contributed by atoms with E-state index in [1.807, 2.05) is 0 Å². The molecule has 1 radical (unpaired) electrons. The lowest BCUT2D eigenvalue weighted by Crippen LogP contribution is -2.09. The van der Waals surface area contributed by atoms with Crippen LogP contribution in [0.15, 0.2) is 18.2 Å². The van der Waals surface area contributed by atoms with Gasteiger partial charge < -0.3 is 0 Å². The van der Waals surface area contributed by atoms with Gasteiger partial charge in [-0.2, -0.15) is 0 Å². The smallest absolute Gasteiger partial charge is 0.0301 e. The number of aryl methyl sites for hydroxylation is 2. The van der Waals surface area contributed by atoms with Crippen LogP contribution in [0, 0.1) is 11.8 Å². The Morgan fingerprint density at radius 3 is 2.47 bits per heavy atom. The predicted octanol–water partition coefficient (Wildman–Crippen LogP) is 4.56. The molecule has 0 heterocycles. The SMILES string of the molecule is CCC(C)[C]1C=Cc2cc3c(cc21)CCCC3. The van der Waals surface area contributed by atoms with E-state index in [1.54, 1.807) is 17.0 Å². The third-order valence-electron chi connectivity index (χ3n) is 4.41. The Morgan fingerprint density at radius 2 is 1.76 bits per heavy atom. The summed E-state index contributed by atoms with van der Waals surface area (Å²) in [4.78, 5) is 0. The molecule has 3 rings (SSSR count). The van der Waals surface area contributed by atoms with Crippen molar-refractivity contribution in [3.8, 4) is 0 Å². The lowest BCUT2D eigenvalue weighted by atomic mass is 9.83. The van der Waals surface area contributed by atoms with Gasteiger partial charge in [-0.3, -0.25) is 0 Å². The van der Waals surface area contributed by atoms with Crippen LogP contribution in [0.4, 0.5) is 0 Å². The van der Waals surface area contributed by atoms with E-state index in [9.17, 15) is 0 Å². The van der Waals surface area contributed by atoms with Crippen LogP contribution in [0.25, 0.3) is 6.08 Å². The maximum absolute atomic E-state index is 2.48. The molecule has 1 unspecified atom stereocenters. The molecule has 0 fully saturated rings. The number of rotatable bonds is 2. The average molecular weight is 225 g/mol. The fraction of sp³-hybridized carbons (Fsp3) is 0.471. The van der Waals surface area contributed by atoms with Gasteiger partial charge in [0.15, 0.2) is 0 Å². The molecule has 0 N–H and O–H groups in total. The number of allylic oxidation sites excluding steroid dienone is 1. The lowest BCUT2D eigenvalue weighted by molar-refractivity contribution is 0.620. The molecule has 2 aliphatic carbocycles. The number of hydrogen-bond donors (Lipinski definition) is 0. The molecule has 0 bridgehead atoms. The van der Waals surface area contributed by atoms with Gasteiger partial charge in [-0.05, 0) is 53.9 Å². The monoisotopic (exact) mass is 225 g/mol. The second-order valence-electron chi connectivity index (χ2n) is 5.51. The molecule has 0 aliphatic heterocycles. The Bertz CT molecular complexity index is 453. The zero-order valence-corrected chi connectivity index (χ0v) is 10.9. The van der Waals surface area contributed by atoms with Crippen molar-refractivity contribution in [1.29, 1.82) is 0 Å². The molecular weight excluding hydrogens is 204 g/mol. The van der Waals surface area contributed by atoms with Crippen molar-refractivity contribution in [2.45, 2.75) is 46.0 Å². The summed E-state index contributed by atoms with van der Waals surface area (Å²) in [6.45, 7) is 4.62. The second kappa shape index (κ2) is 4.33. The normalized spacial score (nSPS) is 20.1. The van der Waals surface area contributed by atoms with Gasteiger partial charge in [0.25, 0.3) is 0 Å². The molecule has 1 atom stereocenters. The molecule has 0 amide bonds. The van der Waals surface area contributed by atoms with E-state index in [1.165, 1.54) is 43.2 Å². The molecule has 1 aromatic rings. The highest BCUT2D eigenvalue weighted by atomic mass is 14.3. The van der Waals surface area contributed by atoms with E-state index >= 15 is 0 Å². The van der Waals surface area contributed by atoms with Gasteiger partial charge in [0.05, 0.1) is 0 Å². The standard InChI is InChI=1S/C17H21/c1-3-12(2)16-9-8-15-10-13-6-4-5-7-14(13)11-17(15)16/h8-12H,3-7H2,1-2H3. The summed E-state index contributed by atoms with van der Waals surface area (Å²) >= 11 is 0. The molecule has 0 spiro atoms. The Hall–Kier alpha value is -1.04. The largest absolute Gasteiger partial charge is 0.0718 e. The minimum Gasteiger partial charge on any atom is -0.0718 e. The van der Waals surface area contributed by atoms with Crippen molar-refractivity contribution in [2.24, 2.45) is 5.92 Å². The topological polar surface area (TPSA) is 0 Å². The van der Waals surface area contributed by atoms with Crippen LogP contribution in [0.3, 0.4) is 0 Å². The van der Waals surface area contributed by atoms with Crippen molar-refractivity contribution >= 4 is 6.08 Å². The molecule has 0 nitrogen and oxygen atoms in total. The van der Waals surface area contributed by atoms with Crippen LogP contribution in [-0.4, -0.2) is 0 Å². The van der Waals surface area contributed by atoms with Gasteiger partial charge in [0.1, 0.15) is 0 Å². The first-order chi connectivity index (χ1) is 8.29. The molecule has 0 saturated carbocycles. The predicted molar refractivity (Wildman–Crippen MR) is 73.9 cm³/mol. The van der Waals surface area contributed by atoms with Crippen LogP contribution in [-0.2, 0) is 12.8 Å². The highest BCUT2D eigenvalue weighted by Crippen LogP contribution is 2.38. The van der Waals surface area contributed by atoms with Crippen molar-refractivity contribution in [1.82, 2.24) is 0 Å². The molecule has 1 aromatic carbocycles. The fourth-order valence-electron chi connectivity index (χ4n) is 3.11. The van der Waals surface area contributed by atoms with Gasteiger partial charge in [-0.15, -0.1) is 0 Å². The molecule has 0 heteroatoms. The van der Waals surface area contributed by atoms with Crippen molar-refractivity contribution in [2.75, 3.05) is 0 Å². The summed E-state index contributed by atoms with van der Waals surface area (Å²) in [6, 6.07) is 4.92. The van der Waals surface area contributed by atoms with Gasteiger partial charge in [0.2, 0.25) is 0 Å². The Kier molecular flexibility index (Phi) is 2.82. The van der Waals surface area contributed by atoms with Crippen molar-refractivity contribution in [3.63, 3.8) is 0 Å². The third-order valence-corrected chi connectivity index (χ3v) is 4.41. The molecular formula is C17H21. The van der Waals surface area contributed by atoms with Crippen LogP contribution < -0.4 is 0 Å². The quantitative estimate of drug-likeness (QED) is 0.692. The first kappa shape index (κ1) is 11.1. The number of hydrogen-bond acceptors (Lipinski definition) is 0. The lowest BCUT2D eigenvalue weighted by Gasteiger charge is -2.21. The van der Waals surface area contributed by atoms with Crippen molar-refractivity contribution < 1.29 is 0 Å². The van der Waals surface area contributed by atoms with Crippen LogP contribution >= 0.6 is 0 Å². The van der Waals surface area contributed by atoms with Gasteiger partial charge in [-0.25, -0.2) is 0 Å². The fourth-order valence-corrected chi connectivity index (χ4v) is 3.11. The zero-order chi connectivity index (χ0) is 11.8. The minimum absolute atomic E-state index is 0.689. The van der Waals surface area contributed by atoms with E-state index in [0.29, 0.717) is 5.92 Å². The van der Waals surface area contributed by atoms with Crippen molar-refractivity contribution in [3.05, 3.63) is 46.4 Å². The molecule has 89 valence electrons. The summed E-state index contributed by atoms with van der Waals surface area (Å²) in [6.07, 6.45) is 11.2. The Labute approximate surface area is 105 Å². The minimum atomic E-state index is 0.689. The van der Waals surface area contributed by atoms with E-state index < -0.39 is 0 Å². The summed E-state index contributed by atoms with van der Waals surface area (Å²) in [5, 5.41) is 0.